The summed E-state index contributed by atoms with van der Waals surface area (Å²) in [5.74, 6) is 70.9. The molecule has 0 nitrogen and oxygen atoms in total. The predicted octanol–water partition coefficient (Wildman–Crippen LogP) is 9.40. The maximum absolute atomic E-state index is 3.12. The summed E-state index contributed by atoms with van der Waals surface area (Å²) in [5.41, 5.74) is 0. The van der Waals surface area contributed by atoms with E-state index in [-0.39, 0.29) is 0 Å². The van der Waals surface area contributed by atoms with Crippen LogP contribution in [0.15, 0.2) is 0 Å². The third-order valence-electron chi connectivity index (χ3n) is 6.87. The van der Waals surface area contributed by atoms with Crippen molar-refractivity contribution in [2.24, 2.45) is 0 Å². The van der Waals surface area contributed by atoms with E-state index in [1.54, 1.807) is 0 Å². The molecule has 1 aliphatic carbocycles. The van der Waals surface area contributed by atoms with Crippen molar-refractivity contribution in [1.82, 2.24) is 0 Å². The van der Waals surface area contributed by atoms with Crippen LogP contribution in [-0.4, -0.2) is 0 Å². The summed E-state index contributed by atoms with van der Waals surface area (Å²) in [7, 11) is 0. The predicted molar refractivity (Wildman–Crippen MR) is 204 cm³/mol. The Balaban J connectivity index is 2.40. The topological polar surface area (TPSA) is 0 Å². The third kappa shape index (κ3) is 35.2. The Bertz CT molecular complexity index is 1300. The first kappa shape index (κ1) is 40.7. The summed E-state index contributed by atoms with van der Waals surface area (Å²) in [6.07, 6.45) is 25.1. The molecule has 1 rings (SSSR count). The summed E-state index contributed by atoms with van der Waals surface area (Å²) >= 11 is 0. The van der Waals surface area contributed by atoms with Gasteiger partial charge in [0.05, 0.1) is 0 Å². The van der Waals surface area contributed by atoms with Gasteiger partial charge in [-0.3, -0.25) is 0 Å². The Labute approximate surface area is 295 Å². The molecule has 0 bridgehead atoms. The quantitative estimate of drug-likeness (QED) is 0.236. The highest BCUT2D eigenvalue weighted by atomic mass is 13.9. The summed E-state index contributed by atoms with van der Waals surface area (Å²) in [4.78, 5) is 0. The molecular formula is C48H48. The van der Waals surface area contributed by atoms with Gasteiger partial charge in [-0.25, -0.2) is 0 Å². The molecule has 0 atom stereocenters. The van der Waals surface area contributed by atoms with Crippen molar-refractivity contribution >= 4 is 0 Å². The first-order chi connectivity index (χ1) is 24.0. The minimum absolute atomic E-state index is 0.879. The van der Waals surface area contributed by atoms with Crippen molar-refractivity contribution in [2.45, 2.75) is 154 Å². The molecule has 0 saturated heterocycles. The minimum atomic E-state index is 0.879. The molecule has 0 aliphatic heterocycles. The largest absolute Gasteiger partial charge is 0.0891 e. The second-order valence-corrected chi connectivity index (χ2v) is 11.1. The molecule has 0 fully saturated rings. The molecule has 0 aromatic carbocycles. The lowest BCUT2D eigenvalue weighted by Gasteiger charge is -1.94. The Morgan fingerprint density at radius 3 is 0.375 bits per heavy atom. The molecule has 0 heterocycles. The van der Waals surface area contributed by atoms with E-state index < -0.39 is 0 Å². The van der Waals surface area contributed by atoms with Crippen molar-refractivity contribution in [3.8, 4) is 142 Å². The van der Waals surface area contributed by atoms with Crippen LogP contribution in [0.1, 0.15) is 154 Å². The molecule has 0 radical (unpaired) electrons. The Hall–Kier alpha value is -5.28. The number of hydrogen-bond acceptors (Lipinski definition) is 0. The molecule has 0 aromatic rings. The SMILES string of the molecule is C1#CC#CCCCCCCC#CC#CC#CCCCCCCC#CC#CC#CCCCCCCC#CC#CC#CCCCCCCC#C1. The van der Waals surface area contributed by atoms with Crippen LogP contribution in [0.2, 0.25) is 0 Å². The molecule has 240 valence electrons. The smallest absolute Gasteiger partial charge is 0.00989 e. The molecule has 0 spiro atoms. The molecular weight excluding hydrogens is 577 g/mol. The normalized spacial score (nSPS) is 16.0. The van der Waals surface area contributed by atoms with E-state index in [1.165, 1.54) is 0 Å². The molecule has 0 unspecified atom stereocenters. The maximum Gasteiger partial charge on any atom is 0.00989 e. The van der Waals surface area contributed by atoms with Crippen LogP contribution in [0.5, 0.6) is 0 Å². The van der Waals surface area contributed by atoms with E-state index in [2.05, 4.69) is 142 Å². The highest BCUT2D eigenvalue weighted by molar-refractivity contribution is 5.37. The molecule has 0 saturated carbocycles. The van der Waals surface area contributed by atoms with E-state index >= 15 is 0 Å². The Morgan fingerprint density at radius 2 is 0.250 bits per heavy atom. The van der Waals surface area contributed by atoms with Gasteiger partial charge in [-0.05, 0) is 146 Å². The van der Waals surface area contributed by atoms with Crippen LogP contribution >= 0.6 is 0 Å². The zero-order chi connectivity index (χ0) is 33.9. The first-order valence-corrected chi connectivity index (χ1v) is 17.8. The zero-order valence-electron chi connectivity index (χ0n) is 29.0. The molecule has 1 aliphatic rings. The monoisotopic (exact) mass is 624 g/mol. The second-order valence-electron chi connectivity index (χ2n) is 11.1. The van der Waals surface area contributed by atoms with Crippen molar-refractivity contribution in [3.63, 3.8) is 0 Å². The van der Waals surface area contributed by atoms with E-state index in [9.17, 15) is 0 Å². The van der Waals surface area contributed by atoms with Gasteiger partial charge in [-0.1, -0.05) is 98.7 Å². The number of rotatable bonds is 0. The fraction of sp³-hybridized carbons (Fsp3) is 0.500. The van der Waals surface area contributed by atoms with E-state index in [0.29, 0.717) is 0 Å². The van der Waals surface area contributed by atoms with Crippen LogP contribution < -0.4 is 0 Å². The van der Waals surface area contributed by atoms with Gasteiger partial charge < -0.3 is 0 Å². The zero-order valence-corrected chi connectivity index (χ0v) is 29.0. The van der Waals surface area contributed by atoms with Gasteiger partial charge in [-0.15, -0.1) is 0 Å². The second kappa shape index (κ2) is 37.9. The van der Waals surface area contributed by atoms with Gasteiger partial charge in [0.1, 0.15) is 0 Å². The van der Waals surface area contributed by atoms with Crippen molar-refractivity contribution in [3.05, 3.63) is 0 Å². The number of hydrogen-bond donors (Lipinski definition) is 0. The summed E-state index contributed by atoms with van der Waals surface area (Å²) < 4.78 is 0. The van der Waals surface area contributed by atoms with Crippen molar-refractivity contribution < 1.29 is 0 Å². The van der Waals surface area contributed by atoms with E-state index in [1.807, 2.05) is 0 Å². The minimum Gasteiger partial charge on any atom is -0.0891 e. The highest BCUT2D eigenvalue weighted by Crippen LogP contribution is 2.06. The lowest BCUT2D eigenvalue weighted by molar-refractivity contribution is 0.661. The van der Waals surface area contributed by atoms with Gasteiger partial charge in [0, 0.05) is 51.4 Å². The van der Waals surface area contributed by atoms with Crippen LogP contribution in [0.3, 0.4) is 0 Å². The molecule has 48 heavy (non-hydrogen) atoms. The maximum atomic E-state index is 3.12. The summed E-state index contributed by atoms with van der Waals surface area (Å²) in [6.45, 7) is 0. The standard InChI is InChI=1S/C48H48/c1-2-4-6-8-10-12-14-16-18-20-22-24-26-28-30-32-34-36-38-40-42-44-46-48-47-45-43-41-39-37-35-33-31-29-27-25-23-21-19-17-15-13-11-9-7-5-3-1/h1-6,19-30,43-48H2. The molecule has 0 heteroatoms. The fourth-order valence-electron chi connectivity index (χ4n) is 4.22. The Morgan fingerprint density at radius 1 is 0.125 bits per heavy atom. The fourth-order valence-corrected chi connectivity index (χ4v) is 4.22. The average molecular weight is 625 g/mol. The summed E-state index contributed by atoms with van der Waals surface area (Å²) in [6, 6.07) is 0. The van der Waals surface area contributed by atoms with E-state index in [0.717, 1.165) is 154 Å². The Kier molecular flexibility index (Phi) is 32.2. The van der Waals surface area contributed by atoms with Gasteiger partial charge in [0.25, 0.3) is 0 Å². The van der Waals surface area contributed by atoms with Gasteiger partial charge in [0.2, 0.25) is 0 Å². The van der Waals surface area contributed by atoms with Crippen molar-refractivity contribution in [1.29, 1.82) is 0 Å². The van der Waals surface area contributed by atoms with Gasteiger partial charge in [0.15, 0.2) is 0 Å². The molecule has 0 amide bonds. The van der Waals surface area contributed by atoms with Gasteiger partial charge in [-0.2, -0.15) is 0 Å². The third-order valence-corrected chi connectivity index (χ3v) is 6.87. The van der Waals surface area contributed by atoms with Crippen LogP contribution in [0, 0.1) is 142 Å². The van der Waals surface area contributed by atoms with Crippen LogP contribution in [-0.2, 0) is 0 Å². The van der Waals surface area contributed by atoms with E-state index in [4.69, 9.17) is 0 Å². The molecule has 0 N–H and O–H groups in total. The molecule has 0 aromatic heterocycles. The van der Waals surface area contributed by atoms with Crippen LogP contribution in [0.4, 0.5) is 0 Å². The van der Waals surface area contributed by atoms with Crippen molar-refractivity contribution in [2.75, 3.05) is 0 Å². The summed E-state index contributed by atoms with van der Waals surface area (Å²) in [5, 5.41) is 0. The first-order valence-electron chi connectivity index (χ1n) is 17.8. The highest BCUT2D eigenvalue weighted by Gasteiger charge is 1.89. The lowest BCUT2D eigenvalue weighted by atomic mass is 10.1. The lowest BCUT2D eigenvalue weighted by Crippen LogP contribution is -1.77. The van der Waals surface area contributed by atoms with Crippen LogP contribution in [0.25, 0.3) is 0 Å². The average Bonchev–Trinajstić information content (AvgIpc) is 3.10. The van der Waals surface area contributed by atoms with Gasteiger partial charge >= 0.3 is 0 Å².